The molecule has 0 saturated heterocycles. The molecule has 0 bridgehead atoms. The van der Waals surface area contributed by atoms with E-state index in [4.69, 9.17) is 0 Å². The highest BCUT2D eigenvalue weighted by molar-refractivity contribution is 5.79. The van der Waals surface area contributed by atoms with Gasteiger partial charge in [0.1, 0.15) is 5.78 Å². The third-order valence-corrected chi connectivity index (χ3v) is 2.01. The molecule has 0 radical (unpaired) electrons. The van der Waals surface area contributed by atoms with Crippen LogP contribution in [0.15, 0.2) is 0 Å². The van der Waals surface area contributed by atoms with E-state index in [1.165, 1.54) is 0 Å². The van der Waals surface area contributed by atoms with E-state index in [-0.39, 0.29) is 5.78 Å². The van der Waals surface area contributed by atoms with E-state index < -0.39 is 18.9 Å². The van der Waals surface area contributed by atoms with Crippen LogP contribution in [0, 0.1) is 0 Å². The quantitative estimate of drug-likeness (QED) is 0.690. The van der Waals surface area contributed by atoms with Crippen LogP contribution >= 0.6 is 0 Å². The van der Waals surface area contributed by atoms with Gasteiger partial charge in [0.25, 0.3) is 12.8 Å². The lowest BCUT2D eigenvalue weighted by atomic mass is 9.96. The lowest BCUT2D eigenvalue weighted by molar-refractivity contribution is -0.165. The Bertz CT molecular complexity index is 174. The van der Waals surface area contributed by atoms with Gasteiger partial charge in [0.05, 0.1) is 6.10 Å². The van der Waals surface area contributed by atoms with E-state index in [1.807, 2.05) is 0 Å². The van der Waals surface area contributed by atoms with E-state index in [0.29, 0.717) is 25.7 Å². The van der Waals surface area contributed by atoms with E-state index >= 15 is 0 Å². The first kappa shape index (κ1) is 10.5. The van der Waals surface area contributed by atoms with Gasteiger partial charge in [-0.15, -0.1) is 0 Å². The van der Waals surface area contributed by atoms with Gasteiger partial charge in [-0.2, -0.15) is 0 Å². The highest BCUT2D eigenvalue weighted by Crippen LogP contribution is 2.21. The predicted octanol–water partition coefficient (Wildman–Crippen LogP) is 2.08. The number of alkyl halides is 3. The monoisotopic (exact) mass is 196 g/mol. The van der Waals surface area contributed by atoms with Crippen molar-refractivity contribution in [2.45, 2.75) is 44.6 Å². The fourth-order valence-corrected chi connectivity index (χ4v) is 1.29. The second-order valence-corrected chi connectivity index (χ2v) is 3.06. The van der Waals surface area contributed by atoms with Crippen molar-refractivity contribution in [3.8, 4) is 0 Å². The zero-order valence-electron chi connectivity index (χ0n) is 7.01. The van der Waals surface area contributed by atoms with Crippen molar-refractivity contribution in [3.63, 3.8) is 0 Å². The lowest BCUT2D eigenvalue weighted by Crippen LogP contribution is -2.28. The molecule has 0 amide bonds. The molecule has 1 aliphatic rings. The minimum Gasteiger partial charge on any atom is -0.340 e. The molecule has 0 aliphatic heterocycles. The lowest BCUT2D eigenvalue weighted by Gasteiger charge is -2.22. The summed E-state index contributed by atoms with van der Waals surface area (Å²) in [5.41, 5.74) is 0. The molecule has 2 nitrogen and oxygen atoms in total. The van der Waals surface area contributed by atoms with Crippen molar-refractivity contribution in [3.05, 3.63) is 0 Å². The highest BCUT2D eigenvalue weighted by Gasteiger charge is 2.27. The number of hydrogen-bond acceptors (Lipinski definition) is 2. The van der Waals surface area contributed by atoms with Gasteiger partial charge in [0.2, 0.25) is 0 Å². The van der Waals surface area contributed by atoms with E-state index in [9.17, 15) is 18.0 Å². The number of carbonyl (C=O) groups is 1. The van der Waals surface area contributed by atoms with Gasteiger partial charge < -0.3 is 4.74 Å². The number of ether oxygens (including phenoxy) is 1. The topological polar surface area (TPSA) is 26.3 Å². The summed E-state index contributed by atoms with van der Waals surface area (Å²) in [5, 5.41) is 0. The van der Waals surface area contributed by atoms with Crippen molar-refractivity contribution in [2.75, 3.05) is 0 Å². The third-order valence-electron chi connectivity index (χ3n) is 2.01. The fourth-order valence-electron chi connectivity index (χ4n) is 1.29. The number of carbonyl (C=O) groups excluding carboxylic acids is 1. The van der Waals surface area contributed by atoms with Gasteiger partial charge in [-0.3, -0.25) is 4.79 Å². The average molecular weight is 196 g/mol. The van der Waals surface area contributed by atoms with E-state index in [2.05, 4.69) is 4.74 Å². The molecule has 1 atom stereocenters. The maximum absolute atomic E-state index is 12.4. The van der Waals surface area contributed by atoms with Crippen molar-refractivity contribution in [1.29, 1.82) is 0 Å². The van der Waals surface area contributed by atoms with Gasteiger partial charge in [-0.05, 0) is 12.8 Å². The Morgan fingerprint density at radius 3 is 2.23 bits per heavy atom. The Hall–Kier alpha value is -0.580. The Morgan fingerprint density at radius 1 is 1.23 bits per heavy atom. The normalized spacial score (nSPS) is 22.3. The largest absolute Gasteiger partial charge is 0.340 e. The van der Waals surface area contributed by atoms with Crippen molar-refractivity contribution in [1.82, 2.24) is 0 Å². The third kappa shape index (κ3) is 3.34. The number of rotatable bonds is 3. The standard InChI is InChI=1S/C8H11F3O2/c9-7(10)8(11)13-6-3-1-5(12)2-4-6/h6-8H,1-4H2. The molecule has 1 fully saturated rings. The van der Waals surface area contributed by atoms with Gasteiger partial charge in [-0.1, -0.05) is 0 Å². The molecule has 0 heterocycles. The SMILES string of the molecule is O=C1CCC(OC(F)C(F)F)CC1. The number of halogens is 3. The fraction of sp³-hybridized carbons (Fsp3) is 0.875. The van der Waals surface area contributed by atoms with Crippen LogP contribution in [-0.2, 0) is 9.53 Å². The summed E-state index contributed by atoms with van der Waals surface area (Å²) in [7, 11) is 0. The van der Waals surface area contributed by atoms with Crippen molar-refractivity contribution in [2.24, 2.45) is 0 Å². The van der Waals surface area contributed by atoms with Gasteiger partial charge in [0, 0.05) is 12.8 Å². The summed E-state index contributed by atoms with van der Waals surface area (Å²) in [5.74, 6) is 0.0901. The van der Waals surface area contributed by atoms with Gasteiger partial charge in [-0.25, -0.2) is 13.2 Å². The van der Waals surface area contributed by atoms with Crippen LogP contribution in [0.1, 0.15) is 25.7 Å². The predicted molar refractivity (Wildman–Crippen MR) is 39.2 cm³/mol. The van der Waals surface area contributed by atoms with Crippen LogP contribution in [0.25, 0.3) is 0 Å². The van der Waals surface area contributed by atoms with E-state index in [0.717, 1.165) is 0 Å². The smallest absolute Gasteiger partial charge is 0.293 e. The van der Waals surface area contributed by atoms with Gasteiger partial charge >= 0.3 is 0 Å². The van der Waals surface area contributed by atoms with Crippen LogP contribution in [0.2, 0.25) is 0 Å². The highest BCUT2D eigenvalue weighted by atomic mass is 19.3. The number of hydrogen-bond donors (Lipinski definition) is 0. The maximum atomic E-state index is 12.4. The molecule has 1 unspecified atom stereocenters. The summed E-state index contributed by atoms with van der Waals surface area (Å²) in [6.45, 7) is 0. The van der Waals surface area contributed by atoms with Crippen molar-refractivity contribution < 1.29 is 22.7 Å². The van der Waals surface area contributed by atoms with Gasteiger partial charge in [0.15, 0.2) is 0 Å². The molecule has 0 spiro atoms. The molecule has 5 heteroatoms. The number of Topliss-reactive ketones (excluding diaryl/α,β-unsaturated/α-hetero) is 1. The van der Waals surface area contributed by atoms with Crippen LogP contribution in [-0.4, -0.2) is 24.7 Å². The van der Waals surface area contributed by atoms with Crippen LogP contribution in [0.5, 0.6) is 0 Å². The Kier molecular flexibility index (Phi) is 3.71. The minimum absolute atomic E-state index is 0.0901. The molecular weight excluding hydrogens is 185 g/mol. The molecule has 0 aromatic rings. The summed E-state index contributed by atoms with van der Waals surface area (Å²) < 4.78 is 40.2. The van der Waals surface area contributed by atoms with Crippen molar-refractivity contribution >= 4 is 5.78 Å². The summed E-state index contributed by atoms with van der Waals surface area (Å²) >= 11 is 0. The first-order valence-corrected chi connectivity index (χ1v) is 4.19. The molecule has 76 valence electrons. The molecule has 0 N–H and O–H groups in total. The first-order valence-electron chi connectivity index (χ1n) is 4.19. The van der Waals surface area contributed by atoms with E-state index in [1.54, 1.807) is 0 Å². The first-order chi connectivity index (χ1) is 6.09. The average Bonchev–Trinajstić information content (AvgIpc) is 2.08. The molecule has 1 aliphatic carbocycles. The van der Waals surface area contributed by atoms with Crippen LogP contribution in [0.3, 0.4) is 0 Å². The number of ketones is 1. The molecule has 1 saturated carbocycles. The molecule has 0 aromatic carbocycles. The molecule has 0 aromatic heterocycles. The summed E-state index contributed by atoms with van der Waals surface area (Å²) in [4.78, 5) is 10.7. The van der Waals surface area contributed by atoms with Crippen LogP contribution < -0.4 is 0 Å². The zero-order valence-corrected chi connectivity index (χ0v) is 7.01. The molecular formula is C8H11F3O2. The molecule has 1 rings (SSSR count). The second-order valence-electron chi connectivity index (χ2n) is 3.06. The minimum atomic E-state index is -3.10. The Balaban J connectivity index is 2.26. The summed E-state index contributed by atoms with van der Waals surface area (Å²) in [6, 6.07) is 0. The van der Waals surface area contributed by atoms with Crippen LogP contribution in [0.4, 0.5) is 13.2 Å². The maximum Gasteiger partial charge on any atom is 0.293 e. The second kappa shape index (κ2) is 4.60. The zero-order chi connectivity index (χ0) is 9.84. The Morgan fingerprint density at radius 2 is 1.77 bits per heavy atom. The summed E-state index contributed by atoms with van der Waals surface area (Å²) in [6.07, 6.45) is -4.82. The Labute approximate surface area is 74.1 Å². The molecule has 13 heavy (non-hydrogen) atoms.